The van der Waals surface area contributed by atoms with E-state index >= 15 is 0 Å². The summed E-state index contributed by atoms with van der Waals surface area (Å²) in [6, 6.07) is 10.2. The Labute approximate surface area is 123 Å². The summed E-state index contributed by atoms with van der Waals surface area (Å²) < 4.78 is 0. The van der Waals surface area contributed by atoms with E-state index in [1.54, 1.807) is 0 Å². The fraction of sp³-hybridized carbons (Fsp3) is 0.312. The molecule has 2 rings (SSSR count). The lowest BCUT2D eigenvalue weighted by atomic mass is 10.1. The SMILES string of the molecule is CCc1ccsc1C(=O)NCc1ccc(CCN)cc1. The third kappa shape index (κ3) is 3.68. The van der Waals surface area contributed by atoms with Gasteiger partial charge in [-0.3, -0.25) is 4.79 Å². The number of aryl methyl sites for hydroxylation is 1. The van der Waals surface area contributed by atoms with Crippen LogP contribution < -0.4 is 11.1 Å². The first-order valence-corrected chi connectivity index (χ1v) is 7.75. The van der Waals surface area contributed by atoms with E-state index in [4.69, 9.17) is 5.73 Å². The summed E-state index contributed by atoms with van der Waals surface area (Å²) in [6.07, 6.45) is 1.78. The van der Waals surface area contributed by atoms with Gasteiger partial charge in [-0.1, -0.05) is 31.2 Å². The highest BCUT2D eigenvalue weighted by Gasteiger charge is 2.11. The zero-order valence-electron chi connectivity index (χ0n) is 11.7. The molecule has 20 heavy (non-hydrogen) atoms. The third-order valence-electron chi connectivity index (χ3n) is 3.24. The van der Waals surface area contributed by atoms with Crippen molar-refractivity contribution in [2.24, 2.45) is 5.73 Å². The summed E-state index contributed by atoms with van der Waals surface area (Å²) in [6.45, 7) is 3.28. The van der Waals surface area contributed by atoms with Gasteiger partial charge in [-0.2, -0.15) is 0 Å². The maximum Gasteiger partial charge on any atom is 0.261 e. The molecule has 0 fully saturated rings. The molecule has 0 aliphatic rings. The Bertz CT molecular complexity index is 560. The van der Waals surface area contributed by atoms with Crippen LogP contribution in [0, 0.1) is 0 Å². The Kier molecular flexibility index (Phi) is 5.32. The second-order valence-corrected chi connectivity index (χ2v) is 5.58. The Morgan fingerprint density at radius 2 is 1.90 bits per heavy atom. The number of benzene rings is 1. The van der Waals surface area contributed by atoms with Gasteiger partial charge in [-0.15, -0.1) is 11.3 Å². The average Bonchev–Trinajstić information content (AvgIpc) is 2.95. The highest BCUT2D eigenvalue weighted by molar-refractivity contribution is 7.12. The molecule has 1 heterocycles. The van der Waals surface area contributed by atoms with Gasteiger partial charge in [0.25, 0.3) is 5.91 Å². The highest BCUT2D eigenvalue weighted by Crippen LogP contribution is 2.17. The smallest absolute Gasteiger partial charge is 0.261 e. The monoisotopic (exact) mass is 288 g/mol. The van der Waals surface area contributed by atoms with Crippen molar-refractivity contribution in [3.05, 3.63) is 57.3 Å². The van der Waals surface area contributed by atoms with E-state index in [9.17, 15) is 4.79 Å². The second kappa shape index (κ2) is 7.22. The van der Waals surface area contributed by atoms with E-state index in [0.29, 0.717) is 13.1 Å². The molecule has 4 heteroatoms. The van der Waals surface area contributed by atoms with E-state index < -0.39 is 0 Å². The van der Waals surface area contributed by atoms with Gasteiger partial charge in [0.15, 0.2) is 0 Å². The third-order valence-corrected chi connectivity index (χ3v) is 4.20. The number of hydrogen-bond donors (Lipinski definition) is 2. The Balaban J connectivity index is 1.93. The van der Waals surface area contributed by atoms with Crippen molar-refractivity contribution in [2.75, 3.05) is 6.54 Å². The van der Waals surface area contributed by atoms with Crippen molar-refractivity contribution in [3.8, 4) is 0 Å². The normalized spacial score (nSPS) is 10.5. The first kappa shape index (κ1) is 14.8. The van der Waals surface area contributed by atoms with Crippen molar-refractivity contribution in [1.29, 1.82) is 0 Å². The topological polar surface area (TPSA) is 55.1 Å². The zero-order chi connectivity index (χ0) is 14.4. The van der Waals surface area contributed by atoms with Gasteiger partial charge in [0.1, 0.15) is 0 Å². The molecule has 0 saturated heterocycles. The van der Waals surface area contributed by atoms with E-state index in [0.717, 1.165) is 28.8 Å². The molecule has 0 aliphatic carbocycles. The van der Waals surface area contributed by atoms with Crippen LogP contribution in [0.5, 0.6) is 0 Å². The fourth-order valence-corrected chi connectivity index (χ4v) is 2.98. The molecule has 106 valence electrons. The molecule has 0 bridgehead atoms. The van der Waals surface area contributed by atoms with Gasteiger partial charge >= 0.3 is 0 Å². The number of carbonyl (C=O) groups excluding carboxylic acids is 1. The molecule has 0 radical (unpaired) electrons. The molecule has 3 N–H and O–H groups in total. The van der Waals surface area contributed by atoms with Crippen LogP contribution >= 0.6 is 11.3 Å². The number of nitrogens with two attached hydrogens (primary N) is 1. The molecule has 0 atom stereocenters. The van der Waals surface area contributed by atoms with E-state index in [2.05, 4.69) is 24.4 Å². The summed E-state index contributed by atoms with van der Waals surface area (Å²) in [5.74, 6) is 0.0166. The molecular weight excluding hydrogens is 268 g/mol. The van der Waals surface area contributed by atoms with Crippen molar-refractivity contribution >= 4 is 17.2 Å². The molecule has 0 unspecified atom stereocenters. The molecule has 1 aromatic carbocycles. The van der Waals surface area contributed by atoms with Crippen LogP contribution in [0.3, 0.4) is 0 Å². The largest absolute Gasteiger partial charge is 0.347 e. The van der Waals surface area contributed by atoms with Crippen molar-refractivity contribution in [2.45, 2.75) is 26.3 Å². The highest BCUT2D eigenvalue weighted by atomic mass is 32.1. The number of hydrogen-bond acceptors (Lipinski definition) is 3. The molecule has 0 spiro atoms. The first-order valence-electron chi connectivity index (χ1n) is 6.87. The summed E-state index contributed by atoms with van der Waals surface area (Å²) in [7, 11) is 0. The first-order chi connectivity index (χ1) is 9.74. The maximum atomic E-state index is 12.1. The Hall–Kier alpha value is -1.65. The van der Waals surface area contributed by atoms with E-state index in [1.807, 2.05) is 23.6 Å². The summed E-state index contributed by atoms with van der Waals surface area (Å²) >= 11 is 1.50. The van der Waals surface area contributed by atoms with Crippen LogP contribution in [0.4, 0.5) is 0 Å². The fourth-order valence-electron chi connectivity index (χ4n) is 2.07. The summed E-state index contributed by atoms with van der Waals surface area (Å²) in [5.41, 5.74) is 8.98. The van der Waals surface area contributed by atoms with Gasteiger partial charge < -0.3 is 11.1 Å². The van der Waals surface area contributed by atoms with Crippen LogP contribution in [-0.4, -0.2) is 12.5 Å². The van der Waals surface area contributed by atoms with Crippen LogP contribution in [0.1, 0.15) is 33.3 Å². The number of carbonyl (C=O) groups is 1. The Morgan fingerprint density at radius 1 is 1.20 bits per heavy atom. The van der Waals surface area contributed by atoms with Crippen LogP contribution in [-0.2, 0) is 19.4 Å². The van der Waals surface area contributed by atoms with Gasteiger partial charge in [0, 0.05) is 6.54 Å². The predicted molar refractivity (Wildman–Crippen MR) is 84.1 cm³/mol. The Morgan fingerprint density at radius 3 is 2.55 bits per heavy atom. The van der Waals surface area contributed by atoms with E-state index in [-0.39, 0.29) is 5.91 Å². The summed E-state index contributed by atoms with van der Waals surface area (Å²) in [5, 5.41) is 4.94. The second-order valence-electron chi connectivity index (χ2n) is 4.67. The molecule has 0 saturated carbocycles. The summed E-state index contributed by atoms with van der Waals surface area (Å²) in [4.78, 5) is 12.9. The molecule has 0 aliphatic heterocycles. The molecule has 1 amide bonds. The van der Waals surface area contributed by atoms with Crippen molar-refractivity contribution < 1.29 is 4.79 Å². The molecule has 2 aromatic rings. The molecular formula is C16H20N2OS. The van der Waals surface area contributed by atoms with Crippen LogP contribution in [0.2, 0.25) is 0 Å². The van der Waals surface area contributed by atoms with Crippen molar-refractivity contribution in [1.82, 2.24) is 5.32 Å². The molecule has 1 aromatic heterocycles. The zero-order valence-corrected chi connectivity index (χ0v) is 12.5. The van der Waals surface area contributed by atoms with Crippen LogP contribution in [0.25, 0.3) is 0 Å². The van der Waals surface area contributed by atoms with Gasteiger partial charge in [-0.05, 0) is 47.5 Å². The van der Waals surface area contributed by atoms with Crippen molar-refractivity contribution in [3.63, 3.8) is 0 Å². The molecule has 3 nitrogen and oxygen atoms in total. The number of nitrogens with one attached hydrogen (secondary N) is 1. The number of amides is 1. The van der Waals surface area contributed by atoms with Gasteiger partial charge in [0.2, 0.25) is 0 Å². The van der Waals surface area contributed by atoms with Gasteiger partial charge in [0.05, 0.1) is 4.88 Å². The van der Waals surface area contributed by atoms with E-state index in [1.165, 1.54) is 16.9 Å². The lowest BCUT2D eigenvalue weighted by Crippen LogP contribution is -2.22. The minimum atomic E-state index is 0.0166. The minimum Gasteiger partial charge on any atom is -0.347 e. The lowest BCUT2D eigenvalue weighted by Gasteiger charge is -2.06. The van der Waals surface area contributed by atoms with Gasteiger partial charge in [-0.25, -0.2) is 0 Å². The maximum absolute atomic E-state index is 12.1. The quantitative estimate of drug-likeness (QED) is 0.858. The lowest BCUT2D eigenvalue weighted by molar-refractivity contribution is 0.0954. The minimum absolute atomic E-state index is 0.0166. The van der Waals surface area contributed by atoms with Crippen LogP contribution in [0.15, 0.2) is 35.7 Å². The standard InChI is InChI=1S/C16H20N2OS/c1-2-14-8-10-20-15(14)16(19)18-11-13-5-3-12(4-6-13)7-9-17/h3-6,8,10H,2,7,9,11,17H2,1H3,(H,18,19). The average molecular weight is 288 g/mol. The predicted octanol–water partition coefficient (Wildman–Crippen LogP) is 2.74. The number of thiophene rings is 1. The number of rotatable bonds is 6.